The Morgan fingerprint density at radius 2 is 1.50 bits per heavy atom. The highest BCUT2D eigenvalue weighted by Crippen LogP contribution is 2.09. The third-order valence-electron chi connectivity index (χ3n) is 3.13. The first-order valence-corrected chi connectivity index (χ1v) is 7.11. The number of rotatable bonds is 0. The molecule has 0 atom stereocenters. The van der Waals surface area contributed by atoms with Gasteiger partial charge in [-0.15, -0.1) is 0 Å². The summed E-state index contributed by atoms with van der Waals surface area (Å²) in [6, 6.07) is 0. The van der Waals surface area contributed by atoms with E-state index in [1.807, 2.05) is 0 Å². The first-order chi connectivity index (χ1) is 8.79. The second-order valence-electron chi connectivity index (χ2n) is 4.83. The van der Waals surface area contributed by atoms with Crippen LogP contribution in [0, 0.1) is 0 Å². The summed E-state index contributed by atoms with van der Waals surface area (Å²) in [6.45, 7) is 0.462. The summed E-state index contributed by atoms with van der Waals surface area (Å²) in [7, 11) is 0. The first-order valence-electron chi connectivity index (χ1n) is 7.11. The molecule has 0 aromatic rings. The van der Waals surface area contributed by atoms with E-state index in [0.717, 1.165) is 25.7 Å². The second kappa shape index (κ2) is 9.86. The molecule has 1 aliphatic rings. The summed E-state index contributed by atoms with van der Waals surface area (Å²) >= 11 is 0. The van der Waals surface area contributed by atoms with Crippen molar-refractivity contribution in [3.8, 4) is 0 Å². The van der Waals surface area contributed by atoms with Crippen LogP contribution in [-0.4, -0.2) is 18.4 Å². The van der Waals surface area contributed by atoms with E-state index in [9.17, 15) is 9.59 Å². The minimum absolute atomic E-state index is 0.178. The van der Waals surface area contributed by atoms with Crippen LogP contribution in [0.5, 0.6) is 0 Å². The fourth-order valence-corrected chi connectivity index (χ4v) is 2.04. The molecule has 1 heterocycles. The van der Waals surface area contributed by atoms with Gasteiger partial charge in [-0.05, 0) is 32.1 Å². The quantitative estimate of drug-likeness (QED) is 0.489. The molecule has 1 aliphatic heterocycles. The molecule has 3 nitrogen and oxygen atoms in total. The van der Waals surface area contributed by atoms with Gasteiger partial charge < -0.3 is 4.74 Å². The fraction of sp³-hybridized carbons (Fsp3) is 0.733. The zero-order valence-corrected chi connectivity index (χ0v) is 11.2. The normalized spacial score (nSPS) is 21.6. The van der Waals surface area contributed by atoms with Gasteiger partial charge in [0, 0.05) is 19.3 Å². The van der Waals surface area contributed by atoms with Crippen LogP contribution in [0.1, 0.15) is 64.2 Å². The zero-order chi connectivity index (χ0) is 13.1. The van der Waals surface area contributed by atoms with Gasteiger partial charge in [-0.1, -0.05) is 25.0 Å². The van der Waals surface area contributed by atoms with E-state index < -0.39 is 0 Å². The molecular weight excluding hydrogens is 228 g/mol. The van der Waals surface area contributed by atoms with Gasteiger partial charge in [0.25, 0.3) is 0 Å². The smallest absolute Gasteiger partial charge is 0.305 e. The molecule has 3 heteroatoms. The molecular formula is C15H24O3. The number of cyclic esters (lactones) is 1. The van der Waals surface area contributed by atoms with E-state index >= 15 is 0 Å². The molecule has 0 amide bonds. The van der Waals surface area contributed by atoms with Crippen molar-refractivity contribution in [1.29, 1.82) is 0 Å². The lowest BCUT2D eigenvalue weighted by atomic mass is 10.0. The van der Waals surface area contributed by atoms with Gasteiger partial charge in [-0.2, -0.15) is 0 Å². The number of carbonyl (C=O) groups is 2. The Kier molecular flexibility index (Phi) is 8.19. The number of esters is 1. The Bertz CT molecular complexity index is 281. The third kappa shape index (κ3) is 8.04. The number of ketones is 1. The average molecular weight is 252 g/mol. The zero-order valence-electron chi connectivity index (χ0n) is 11.2. The van der Waals surface area contributed by atoms with Gasteiger partial charge in [-0.3, -0.25) is 9.59 Å². The molecule has 0 saturated carbocycles. The van der Waals surface area contributed by atoms with Crippen molar-refractivity contribution in [1.82, 2.24) is 0 Å². The molecule has 0 radical (unpaired) electrons. The molecule has 0 bridgehead atoms. The summed E-state index contributed by atoms with van der Waals surface area (Å²) in [5.74, 6) is 0.109. The van der Waals surface area contributed by atoms with Crippen molar-refractivity contribution >= 4 is 11.8 Å². The maximum absolute atomic E-state index is 11.5. The molecule has 0 spiro atoms. The Labute approximate surface area is 110 Å². The molecule has 0 aromatic carbocycles. The summed E-state index contributed by atoms with van der Waals surface area (Å²) in [4.78, 5) is 22.8. The van der Waals surface area contributed by atoms with E-state index in [1.165, 1.54) is 12.8 Å². The van der Waals surface area contributed by atoms with Gasteiger partial charge in [-0.25, -0.2) is 0 Å². The monoisotopic (exact) mass is 252 g/mol. The van der Waals surface area contributed by atoms with Gasteiger partial charge in [0.05, 0.1) is 6.61 Å². The maximum Gasteiger partial charge on any atom is 0.305 e. The lowest BCUT2D eigenvalue weighted by molar-refractivity contribution is -0.143. The number of hydrogen-bond donors (Lipinski definition) is 0. The van der Waals surface area contributed by atoms with Crippen LogP contribution in [0.3, 0.4) is 0 Å². The minimum atomic E-state index is -0.178. The average Bonchev–Trinajstić information content (AvgIpc) is 2.34. The lowest BCUT2D eigenvalue weighted by Crippen LogP contribution is -2.07. The highest BCUT2D eigenvalue weighted by molar-refractivity contribution is 5.79. The molecule has 102 valence electrons. The largest absolute Gasteiger partial charge is 0.465 e. The molecule has 0 fully saturated rings. The standard InChI is InChI=1S/C15H24O3/c16-14-10-7-5-3-1-2-4-6-8-13-18-15(17)12-9-11-14/h4,6H,1-3,5,7-13H2. The summed E-state index contributed by atoms with van der Waals surface area (Å²) in [6.07, 6.45) is 12.8. The van der Waals surface area contributed by atoms with Crippen LogP contribution in [0.4, 0.5) is 0 Å². The number of carbonyl (C=O) groups excluding carboxylic acids is 2. The molecule has 0 aliphatic carbocycles. The SMILES string of the molecule is O=C1CCCCCCC=CCCOC(=O)CCC1. The second-order valence-corrected chi connectivity index (χ2v) is 4.83. The van der Waals surface area contributed by atoms with Crippen LogP contribution in [0.25, 0.3) is 0 Å². The van der Waals surface area contributed by atoms with Crippen molar-refractivity contribution in [2.45, 2.75) is 64.2 Å². The van der Waals surface area contributed by atoms with Crippen LogP contribution in [0.2, 0.25) is 0 Å². The van der Waals surface area contributed by atoms with E-state index in [2.05, 4.69) is 12.2 Å². The molecule has 0 unspecified atom stereocenters. The topological polar surface area (TPSA) is 43.4 Å². The number of allylic oxidation sites excluding steroid dienone is 1. The van der Waals surface area contributed by atoms with E-state index in [4.69, 9.17) is 4.74 Å². The van der Waals surface area contributed by atoms with Crippen molar-refractivity contribution < 1.29 is 14.3 Å². The number of hydrogen-bond acceptors (Lipinski definition) is 3. The summed E-state index contributed by atoms with van der Waals surface area (Å²) in [5.41, 5.74) is 0. The Morgan fingerprint density at radius 3 is 2.39 bits per heavy atom. The summed E-state index contributed by atoms with van der Waals surface area (Å²) in [5, 5.41) is 0. The first kappa shape index (κ1) is 14.9. The predicted molar refractivity (Wildman–Crippen MR) is 71.3 cm³/mol. The van der Waals surface area contributed by atoms with E-state index in [-0.39, 0.29) is 11.8 Å². The number of Topliss-reactive ketones (excluding diaryl/α,β-unsaturated/α-hetero) is 1. The van der Waals surface area contributed by atoms with Gasteiger partial charge in [0.15, 0.2) is 0 Å². The number of ether oxygens (including phenoxy) is 1. The van der Waals surface area contributed by atoms with Gasteiger partial charge in [0.1, 0.15) is 5.78 Å². The van der Waals surface area contributed by atoms with E-state index in [0.29, 0.717) is 32.3 Å². The Hall–Kier alpha value is -1.12. The predicted octanol–water partition coefficient (Wildman–Crippen LogP) is 3.57. The highest BCUT2D eigenvalue weighted by Gasteiger charge is 2.06. The van der Waals surface area contributed by atoms with Gasteiger partial charge >= 0.3 is 5.97 Å². The lowest BCUT2D eigenvalue weighted by Gasteiger charge is -2.04. The maximum atomic E-state index is 11.5. The van der Waals surface area contributed by atoms with Crippen molar-refractivity contribution in [2.24, 2.45) is 0 Å². The molecule has 1 rings (SSSR count). The van der Waals surface area contributed by atoms with Crippen LogP contribution in [0.15, 0.2) is 12.2 Å². The van der Waals surface area contributed by atoms with Crippen LogP contribution < -0.4 is 0 Å². The van der Waals surface area contributed by atoms with Crippen molar-refractivity contribution in [3.63, 3.8) is 0 Å². The van der Waals surface area contributed by atoms with E-state index in [1.54, 1.807) is 0 Å². The van der Waals surface area contributed by atoms with Crippen molar-refractivity contribution in [3.05, 3.63) is 12.2 Å². The summed E-state index contributed by atoms with van der Waals surface area (Å²) < 4.78 is 5.08. The van der Waals surface area contributed by atoms with Crippen LogP contribution in [-0.2, 0) is 14.3 Å². The fourth-order valence-electron chi connectivity index (χ4n) is 2.04. The van der Waals surface area contributed by atoms with Crippen LogP contribution >= 0.6 is 0 Å². The minimum Gasteiger partial charge on any atom is -0.465 e. The third-order valence-corrected chi connectivity index (χ3v) is 3.13. The highest BCUT2D eigenvalue weighted by atomic mass is 16.5. The molecule has 0 saturated heterocycles. The van der Waals surface area contributed by atoms with Crippen molar-refractivity contribution in [2.75, 3.05) is 6.61 Å². The molecule has 18 heavy (non-hydrogen) atoms. The molecule has 0 N–H and O–H groups in total. The van der Waals surface area contributed by atoms with Gasteiger partial charge in [0.2, 0.25) is 0 Å². The Morgan fingerprint density at radius 1 is 0.778 bits per heavy atom. The Balaban J connectivity index is 2.29. The molecule has 0 aromatic heterocycles.